The quantitative estimate of drug-likeness (QED) is 0.844. The number of likely N-dealkylation sites (tertiary alicyclic amines) is 1. The number of aromatic nitrogens is 2. The highest BCUT2D eigenvalue weighted by atomic mass is 32.1. The zero-order chi connectivity index (χ0) is 18.0. The Balaban J connectivity index is 1.63. The monoisotopic (exact) mass is 371 g/mol. The minimum atomic E-state index is -0.361. The van der Waals surface area contributed by atoms with Crippen LogP contribution in [0.15, 0.2) is 30.3 Å². The van der Waals surface area contributed by atoms with Crippen molar-refractivity contribution in [3.8, 4) is 0 Å². The maximum absolute atomic E-state index is 13.5. The van der Waals surface area contributed by atoms with Gasteiger partial charge in [-0.25, -0.2) is 0 Å². The fourth-order valence-corrected chi connectivity index (χ4v) is 5.04. The van der Waals surface area contributed by atoms with Crippen LogP contribution >= 0.6 is 11.3 Å². The van der Waals surface area contributed by atoms with Gasteiger partial charge in [0.1, 0.15) is 16.6 Å². The van der Waals surface area contributed by atoms with Crippen molar-refractivity contribution in [1.29, 1.82) is 0 Å². The second-order valence-electron chi connectivity index (χ2n) is 7.23. The van der Waals surface area contributed by atoms with Gasteiger partial charge in [0.15, 0.2) is 0 Å². The Morgan fingerprint density at radius 2 is 1.81 bits per heavy atom. The molecular formula is C19H25N5OS. The largest absolute Gasteiger partial charge is 0.374 e. The lowest BCUT2D eigenvalue weighted by Gasteiger charge is -2.38. The van der Waals surface area contributed by atoms with E-state index in [0.29, 0.717) is 5.13 Å². The molecule has 1 aromatic carbocycles. The molecule has 0 radical (unpaired) electrons. The molecule has 7 heteroatoms. The zero-order valence-corrected chi connectivity index (χ0v) is 15.7. The number of carbonyl (C=O) groups is 1. The molecule has 1 saturated heterocycles. The van der Waals surface area contributed by atoms with Crippen LogP contribution in [0.25, 0.3) is 0 Å². The molecule has 0 bridgehead atoms. The highest BCUT2D eigenvalue weighted by Gasteiger charge is 2.47. The van der Waals surface area contributed by atoms with E-state index in [1.807, 2.05) is 30.3 Å². The summed E-state index contributed by atoms with van der Waals surface area (Å²) in [5.74, 6) is 0.125. The Bertz CT molecular complexity index is 750. The molecule has 1 atom stereocenters. The number of hydrogen-bond donors (Lipinski definition) is 2. The molecule has 1 aromatic heterocycles. The van der Waals surface area contributed by atoms with E-state index in [2.05, 4.69) is 20.4 Å². The molecular weight excluding hydrogens is 346 g/mol. The average molecular weight is 372 g/mol. The molecule has 1 aliphatic carbocycles. The number of anilines is 1. The summed E-state index contributed by atoms with van der Waals surface area (Å²) < 4.78 is 0. The van der Waals surface area contributed by atoms with Gasteiger partial charge in [-0.15, -0.1) is 10.2 Å². The number of rotatable bonds is 5. The maximum Gasteiger partial charge on any atom is 0.241 e. The lowest BCUT2D eigenvalue weighted by atomic mass is 9.93. The second kappa shape index (κ2) is 7.32. The minimum absolute atomic E-state index is 0.125. The first-order valence-electron chi connectivity index (χ1n) is 9.39. The molecule has 3 N–H and O–H groups in total. The zero-order valence-electron chi connectivity index (χ0n) is 14.9. The number of carbonyl (C=O) groups excluding carboxylic acids is 1. The first-order chi connectivity index (χ1) is 12.7. The summed E-state index contributed by atoms with van der Waals surface area (Å²) in [5.41, 5.74) is 6.44. The Kier molecular flexibility index (Phi) is 4.91. The molecule has 2 fully saturated rings. The van der Waals surface area contributed by atoms with Crippen LogP contribution in [0, 0.1) is 0 Å². The summed E-state index contributed by atoms with van der Waals surface area (Å²) >= 11 is 1.33. The Labute approximate surface area is 157 Å². The predicted octanol–water partition coefficient (Wildman–Crippen LogP) is 2.73. The number of nitrogens with zero attached hydrogens (tertiary/aromatic N) is 3. The molecule has 6 nitrogen and oxygen atoms in total. The smallest absolute Gasteiger partial charge is 0.241 e. The van der Waals surface area contributed by atoms with E-state index in [0.717, 1.165) is 49.3 Å². The van der Waals surface area contributed by atoms with Gasteiger partial charge in [0, 0.05) is 0 Å². The average Bonchev–Trinajstić information content (AvgIpc) is 3.41. The van der Waals surface area contributed by atoms with Gasteiger partial charge in [-0.3, -0.25) is 9.69 Å². The van der Waals surface area contributed by atoms with Gasteiger partial charge in [-0.2, -0.15) is 0 Å². The summed E-state index contributed by atoms with van der Waals surface area (Å²) in [5, 5.41) is 12.6. The lowest BCUT2D eigenvalue weighted by molar-refractivity contribution is -0.133. The highest BCUT2D eigenvalue weighted by Crippen LogP contribution is 2.38. The van der Waals surface area contributed by atoms with Crippen LogP contribution in [0.4, 0.5) is 5.13 Å². The fraction of sp³-hybridized carbons (Fsp3) is 0.526. The topological polar surface area (TPSA) is 84.1 Å². The van der Waals surface area contributed by atoms with Crippen LogP contribution < -0.4 is 11.1 Å². The third-order valence-corrected chi connectivity index (χ3v) is 6.49. The molecule has 138 valence electrons. The summed E-state index contributed by atoms with van der Waals surface area (Å²) in [6, 6.07) is 9.65. The number of nitrogens with one attached hydrogen (secondary N) is 1. The highest BCUT2D eigenvalue weighted by molar-refractivity contribution is 7.15. The van der Waals surface area contributed by atoms with Crippen molar-refractivity contribution >= 4 is 22.4 Å². The van der Waals surface area contributed by atoms with E-state index in [1.54, 1.807) is 0 Å². The number of hydrogen-bond acceptors (Lipinski definition) is 6. The summed E-state index contributed by atoms with van der Waals surface area (Å²) in [7, 11) is 0. The van der Waals surface area contributed by atoms with Gasteiger partial charge in [-0.05, 0) is 44.3 Å². The molecule has 0 unspecified atom stereocenters. The minimum Gasteiger partial charge on any atom is -0.374 e. The van der Waals surface area contributed by atoms with Crippen molar-refractivity contribution in [2.24, 2.45) is 0 Å². The van der Waals surface area contributed by atoms with Crippen LogP contribution in [0.5, 0.6) is 0 Å². The predicted molar refractivity (Wildman–Crippen MR) is 103 cm³/mol. The number of amides is 1. The first kappa shape index (κ1) is 17.4. The van der Waals surface area contributed by atoms with Crippen LogP contribution in [0.3, 0.4) is 0 Å². The van der Waals surface area contributed by atoms with E-state index in [1.165, 1.54) is 24.2 Å². The molecule has 0 spiro atoms. The van der Waals surface area contributed by atoms with Crippen molar-refractivity contribution in [2.75, 3.05) is 18.8 Å². The van der Waals surface area contributed by atoms with Crippen LogP contribution in [-0.2, 0) is 4.79 Å². The van der Waals surface area contributed by atoms with Crippen molar-refractivity contribution in [1.82, 2.24) is 20.4 Å². The molecule has 1 saturated carbocycles. The second-order valence-corrected chi connectivity index (χ2v) is 8.27. The standard InChI is InChI=1S/C19H25N5OS/c20-18-23-22-16(26-18)15(14-8-2-1-3-9-14)21-17(25)19(10-4-5-11-19)24-12-6-7-13-24/h1-3,8-9,15H,4-7,10-13H2,(H2,20,23)(H,21,25)/t15-/m1/s1. The number of benzene rings is 1. The maximum atomic E-state index is 13.5. The molecule has 2 aromatic rings. The Morgan fingerprint density at radius 1 is 1.12 bits per heavy atom. The van der Waals surface area contributed by atoms with Crippen molar-refractivity contribution in [2.45, 2.75) is 50.1 Å². The van der Waals surface area contributed by atoms with Crippen LogP contribution in [0.2, 0.25) is 0 Å². The SMILES string of the molecule is Nc1nnc([C@H](NC(=O)C2(N3CCCC3)CCCC2)c2ccccc2)s1. The normalized spacial score (nSPS) is 20.9. The molecule has 1 aliphatic heterocycles. The van der Waals surface area contributed by atoms with Crippen LogP contribution in [0.1, 0.15) is 55.1 Å². The van der Waals surface area contributed by atoms with Crippen molar-refractivity contribution < 1.29 is 4.79 Å². The van der Waals surface area contributed by atoms with Crippen molar-refractivity contribution in [3.63, 3.8) is 0 Å². The fourth-order valence-electron chi connectivity index (χ4n) is 4.35. The molecule has 4 rings (SSSR count). The lowest BCUT2D eigenvalue weighted by Crippen LogP contribution is -2.56. The third kappa shape index (κ3) is 3.21. The van der Waals surface area contributed by atoms with Gasteiger partial charge in [0.05, 0.1) is 0 Å². The van der Waals surface area contributed by atoms with E-state index in [9.17, 15) is 4.79 Å². The van der Waals surface area contributed by atoms with E-state index in [4.69, 9.17) is 5.73 Å². The summed E-state index contributed by atoms with van der Waals surface area (Å²) in [4.78, 5) is 15.9. The number of nitrogens with two attached hydrogens (primary N) is 1. The van der Waals surface area contributed by atoms with Gasteiger partial charge in [0.2, 0.25) is 11.0 Å². The number of nitrogen functional groups attached to an aromatic ring is 1. The van der Waals surface area contributed by atoms with Gasteiger partial charge in [-0.1, -0.05) is 54.5 Å². The molecule has 26 heavy (non-hydrogen) atoms. The van der Waals surface area contributed by atoms with E-state index in [-0.39, 0.29) is 17.5 Å². The van der Waals surface area contributed by atoms with E-state index < -0.39 is 0 Å². The van der Waals surface area contributed by atoms with Gasteiger partial charge in [0.25, 0.3) is 0 Å². The molecule has 2 aliphatic rings. The molecule has 1 amide bonds. The van der Waals surface area contributed by atoms with Gasteiger partial charge < -0.3 is 11.1 Å². The van der Waals surface area contributed by atoms with Crippen molar-refractivity contribution in [3.05, 3.63) is 40.9 Å². The van der Waals surface area contributed by atoms with Gasteiger partial charge >= 0.3 is 0 Å². The van der Waals surface area contributed by atoms with E-state index >= 15 is 0 Å². The Hall–Kier alpha value is -1.99. The summed E-state index contributed by atoms with van der Waals surface area (Å²) in [6.07, 6.45) is 6.49. The first-order valence-corrected chi connectivity index (χ1v) is 10.2. The third-order valence-electron chi connectivity index (χ3n) is 5.68. The van der Waals surface area contributed by atoms with Crippen LogP contribution in [-0.4, -0.2) is 39.6 Å². The molecule has 2 heterocycles. The Morgan fingerprint density at radius 3 is 2.42 bits per heavy atom. The summed E-state index contributed by atoms with van der Waals surface area (Å²) in [6.45, 7) is 2.05.